The molecule has 10 heteroatoms. The Hall–Kier alpha value is -1.63. The monoisotopic (exact) mass is 470 g/mol. The molecule has 6 unspecified atom stereocenters. The van der Waals surface area contributed by atoms with Gasteiger partial charge in [-0.2, -0.15) is 0 Å². The molecule has 0 saturated heterocycles. The van der Waals surface area contributed by atoms with Crippen LogP contribution in [0.3, 0.4) is 0 Å². The van der Waals surface area contributed by atoms with Crippen LogP contribution in [0, 0.1) is 5.92 Å². The van der Waals surface area contributed by atoms with Crippen LogP contribution in [0.15, 0.2) is 42.5 Å². The van der Waals surface area contributed by atoms with Gasteiger partial charge in [0, 0.05) is 33.5 Å². The maximum atomic E-state index is 10.9. The molecule has 2 aromatic rings. The fourth-order valence-electron chi connectivity index (χ4n) is 4.14. The lowest BCUT2D eigenvalue weighted by atomic mass is 9.70. The number of benzene rings is 2. The SMILES string of the molecule is CC(O)(O)c1ccc(C(O)(O)c2cc(C3C(O)C(O)C(O)C(CO)C3O)ccc2Cl)cc1. The Bertz CT molecular complexity index is 941. The molecule has 0 bridgehead atoms. The van der Waals surface area contributed by atoms with E-state index in [1.807, 2.05) is 0 Å². The molecule has 0 spiro atoms. The standard InChI is InChI=1S/C22H27ClO9/c1-21(29,30)11-3-5-12(6-4-11)22(31,32)14-8-10(2-7-15(14)23)16-17(25)13(9-24)18(26)20(28)19(16)27/h2-8,13,16-20,24-32H,9H2,1H3. The van der Waals surface area contributed by atoms with Gasteiger partial charge in [0.25, 0.3) is 0 Å². The molecule has 0 amide bonds. The van der Waals surface area contributed by atoms with Crippen LogP contribution < -0.4 is 0 Å². The molecular formula is C22H27ClO9. The predicted molar refractivity (Wildman–Crippen MR) is 112 cm³/mol. The molecule has 0 radical (unpaired) electrons. The molecule has 0 aromatic heterocycles. The van der Waals surface area contributed by atoms with Gasteiger partial charge in [-0.1, -0.05) is 41.9 Å². The zero-order chi connectivity index (χ0) is 24.0. The molecule has 6 atom stereocenters. The average Bonchev–Trinajstić information content (AvgIpc) is 2.73. The summed E-state index contributed by atoms with van der Waals surface area (Å²) in [7, 11) is 0. The van der Waals surface area contributed by atoms with Crippen molar-refractivity contribution in [2.45, 2.75) is 48.8 Å². The van der Waals surface area contributed by atoms with Gasteiger partial charge in [0.1, 0.15) is 6.10 Å². The molecular weight excluding hydrogens is 444 g/mol. The first-order valence-electron chi connectivity index (χ1n) is 9.94. The lowest BCUT2D eigenvalue weighted by Crippen LogP contribution is -2.58. The van der Waals surface area contributed by atoms with E-state index in [0.717, 1.165) is 6.92 Å². The summed E-state index contributed by atoms with van der Waals surface area (Å²) in [5, 5.41) is 91.8. The second kappa shape index (κ2) is 8.96. The normalized spacial score (nSPS) is 29.2. The van der Waals surface area contributed by atoms with Crippen molar-refractivity contribution < 1.29 is 46.0 Å². The highest BCUT2D eigenvalue weighted by atomic mass is 35.5. The van der Waals surface area contributed by atoms with Crippen LogP contribution in [0.2, 0.25) is 5.02 Å². The van der Waals surface area contributed by atoms with Crippen molar-refractivity contribution in [1.29, 1.82) is 0 Å². The summed E-state index contributed by atoms with van der Waals surface area (Å²) < 4.78 is 0. The smallest absolute Gasteiger partial charge is 0.218 e. The largest absolute Gasteiger partial charge is 0.396 e. The van der Waals surface area contributed by atoms with E-state index in [2.05, 4.69) is 0 Å². The van der Waals surface area contributed by atoms with Gasteiger partial charge in [-0.15, -0.1) is 0 Å². The summed E-state index contributed by atoms with van der Waals surface area (Å²) in [6.45, 7) is 0.507. The molecule has 2 aromatic carbocycles. The van der Waals surface area contributed by atoms with Crippen molar-refractivity contribution in [1.82, 2.24) is 0 Å². The van der Waals surface area contributed by atoms with E-state index in [9.17, 15) is 46.0 Å². The average molecular weight is 471 g/mol. The van der Waals surface area contributed by atoms with Crippen molar-refractivity contribution in [2.75, 3.05) is 6.61 Å². The maximum Gasteiger partial charge on any atom is 0.218 e. The molecule has 0 aliphatic heterocycles. The van der Waals surface area contributed by atoms with Crippen LogP contribution >= 0.6 is 11.6 Å². The third-order valence-corrected chi connectivity index (χ3v) is 6.44. The Morgan fingerprint density at radius 2 is 1.34 bits per heavy atom. The van der Waals surface area contributed by atoms with E-state index in [-0.39, 0.29) is 27.3 Å². The minimum atomic E-state index is -2.63. The van der Waals surface area contributed by atoms with Gasteiger partial charge in [-0.3, -0.25) is 0 Å². The molecule has 9 nitrogen and oxygen atoms in total. The van der Waals surface area contributed by atoms with Crippen molar-refractivity contribution >= 4 is 11.6 Å². The van der Waals surface area contributed by atoms with Gasteiger partial charge in [0.15, 0.2) is 5.79 Å². The fourth-order valence-corrected chi connectivity index (χ4v) is 4.39. The summed E-state index contributed by atoms with van der Waals surface area (Å²) in [5.41, 5.74) is 0.0721. The maximum absolute atomic E-state index is 10.9. The molecule has 1 fully saturated rings. The highest BCUT2D eigenvalue weighted by molar-refractivity contribution is 6.31. The Kier molecular flexibility index (Phi) is 7.00. The molecule has 176 valence electrons. The van der Waals surface area contributed by atoms with E-state index < -0.39 is 54.4 Å². The Balaban J connectivity index is 2.03. The van der Waals surface area contributed by atoms with Gasteiger partial charge < -0.3 is 46.0 Å². The van der Waals surface area contributed by atoms with Crippen LogP contribution in [-0.4, -0.2) is 77.0 Å². The summed E-state index contributed by atoms with van der Waals surface area (Å²) in [6, 6.07) is 9.13. The van der Waals surface area contributed by atoms with Crippen molar-refractivity contribution in [3.63, 3.8) is 0 Å². The highest BCUT2D eigenvalue weighted by Crippen LogP contribution is 2.40. The van der Waals surface area contributed by atoms with Gasteiger partial charge in [0.2, 0.25) is 5.79 Å². The first kappa shape index (κ1) is 25.0. The van der Waals surface area contributed by atoms with E-state index in [1.54, 1.807) is 0 Å². The number of halogens is 1. The zero-order valence-electron chi connectivity index (χ0n) is 17.1. The van der Waals surface area contributed by atoms with Gasteiger partial charge >= 0.3 is 0 Å². The second-order valence-electron chi connectivity index (χ2n) is 8.34. The van der Waals surface area contributed by atoms with Crippen LogP contribution in [0.25, 0.3) is 0 Å². The molecule has 1 aliphatic rings. The van der Waals surface area contributed by atoms with Gasteiger partial charge in [-0.25, -0.2) is 0 Å². The van der Waals surface area contributed by atoms with Crippen LogP contribution in [0.4, 0.5) is 0 Å². The predicted octanol–water partition coefficient (Wildman–Crippen LogP) is -1.17. The lowest BCUT2D eigenvalue weighted by Gasteiger charge is -2.44. The Labute approximate surface area is 189 Å². The van der Waals surface area contributed by atoms with Crippen molar-refractivity contribution in [3.8, 4) is 0 Å². The lowest BCUT2D eigenvalue weighted by molar-refractivity contribution is -0.169. The first-order chi connectivity index (χ1) is 14.8. The van der Waals surface area contributed by atoms with Crippen LogP contribution in [-0.2, 0) is 11.6 Å². The van der Waals surface area contributed by atoms with E-state index >= 15 is 0 Å². The number of aliphatic hydroxyl groups excluding tert-OH is 5. The van der Waals surface area contributed by atoms with Gasteiger partial charge in [0.05, 0.1) is 24.9 Å². The topological polar surface area (TPSA) is 182 Å². The van der Waals surface area contributed by atoms with E-state index in [1.165, 1.54) is 42.5 Å². The molecule has 9 N–H and O–H groups in total. The molecule has 0 heterocycles. The third-order valence-electron chi connectivity index (χ3n) is 6.11. The van der Waals surface area contributed by atoms with Crippen molar-refractivity contribution in [3.05, 3.63) is 69.7 Å². The van der Waals surface area contributed by atoms with E-state index in [0.29, 0.717) is 0 Å². The quantitative estimate of drug-likeness (QED) is 0.243. The third kappa shape index (κ3) is 4.42. The second-order valence-corrected chi connectivity index (χ2v) is 8.75. The zero-order valence-corrected chi connectivity index (χ0v) is 17.9. The van der Waals surface area contributed by atoms with Crippen LogP contribution in [0.1, 0.15) is 35.1 Å². The van der Waals surface area contributed by atoms with Crippen LogP contribution in [0.5, 0.6) is 0 Å². The first-order valence-corrected chi connectivity index (χ1v) is 10.3. The molecule has 3 rings (SSSR count). The molecule has 1 saturated carbocycles. The summed E-state index contributed by atoms with van der Waals surface area (Å²) in [5.74, 6) is -7.05. The van der Waals surface area contributed by atoms with E-state index in [4.69, 9.17) is 11.6 Å². The number of aliphatic hydroxyl groups is 9. The molecule has 32 heavy (non-hydrogen) atoms. The summed E-state index contributed by atoms with van der Waals surface area (Å²) >= 11 is 6.20. The van der Waals surface area contributed by atoms with Gasteiger partial charge in [-0.05, 0) is 24.6 Å². The summed E-state index contributed by atoms with van der Waals surface area (Å²) in [6.07, 6.45) is -6.24. The Morgan fingerprint density at radius 1 is 0.781 bits per heavy atom. The number of rotatable bonds is 5. The number of hydrogen-bond donors (Lipinski definition) is 9. The minimum Gasteiger partial charge on any atom is -0.396 e. The Morgan fingerprint density at radius 3 is 1.88 bits per heavy atom. The fraction of sp³-hybridized carbons (Fsp3) is 0.455. The van der Waals surface area contributed by atoms with Crippen molar-refractivity contribution in [2.24, 2.45) is 5.92 Å². The highest BCUT2D eigenvalue weighted by Gasteiger charge is 2.49. The minimum absolute atomic E-state index is 0.0435. The summed E-state index contributed by atoms with van der Waals surface area (Å²) in [4.78, 5) is 0. The number of hydrogen-bond acceptors (Lipinski definition) is 9. The molecule has 1 aliphatic carbocycles.